The topological polar surface area (TPSA) is 81.5 Å². The number of aliphatic carboxylic acids is 1. The van der Waals surface area contributed by atoms with Crippen LogP contribution in [0.15, 0.2) is 30.5 Å². The van der Waals surface area contributed by atoms with Crippen molar-refractivity contribution in [1.29, 1.82) is 0 Å². The molecule has 2 saturated carbocycles. The van der Waals surface area contributed by atoms with Crippen LogP contribution in [0.5, 0.6) is 11.6 Å². The van der Waals surface area contributed by atoms with Gasteiger partial charge in [0.05, 0.1) is 25.8 Å². The van der Waals surface area contributed by atoms with E-state index in [1.54, 1.807) is 13.3 Å². The normalized spacial score (nSPS) is 26.0. The third kappa shape index (κ3) is 4.52. The van der Waals surface area contributed by atoms with Gasteiger partial charge in [-0.05, 0) is 54.4 Å². The molecule has 0 spiro atoms. The summed E-state index contributed by atoms with van der Waals surface area (Å²) in [6.07, 6.45) is 7.32. The summed E-state index contributed by atoms with van der Waals surface area (Å²) in [7, 11) is 1.61. The van der Waals surface area contributed by atoms with Crippen LogP contribution in [0.1, 0.15) is 50.5 Å². The molecule has 2 aromatic rings. The maximum absolute atomic E-state index is 11.3. The Labute approximate surface area is 171 Å². The zero-order valence-corrected chi connectivity index (χ0v) is 17.0. The van der Waals surface area contributed by atoms with E-state index in [4.69, 9.17) is 9.47 Å². The average Bonchev–Trinajstić information content (AvgIpc) is 3.54. The molecule has 2 fully saturated rings. The van der Waals surface area contributed by atoms with Gasteiger partial charge in [0.1, 0.15) is 5.75 Å². The fraction of sp³-hybridized carbons (Fsp3) is 0.522. The number of rotatable bonds is 7. The number of ether oxygens (including phenoxy) is 2. The van der Waals surface area contributed by atoms with Gasteiger partial charge in [0, 0.05) is 17.5 Å². The van der Waals surface area contributed by atoms with E-state index < -0.39 is 5.97 Å². The van der Waals surface area contributed by atoms with Gasteiger partial charge in [0.25, 0.3) is 0 Å². The maximum Gasteiger partial charge on any atom is 0.307 e. The lowest BCUT2D eigenvalue weighted by Crippen LogP contribution is -2.19. The van der Waals surface area contributed by atoms with E-state index >= 15 is 0 Å². The Hall–Kier alpha value is -2.63. The maximum atomic E-state index is 11.3. The Morgan fingerprint density at radius 1 is 1.17 bits per heavy atom. The van der Waals surface area contributed by atoms with Gasteiger partial charge in [-0.1, -0.05) is 25.8 Å². The van der Waals surface area contributed by atoms with Crippen molar-refractivity contribution in [3.63, 3.8) is 0 Å². The number of carboxylic acids is 1. The van der Waals surface area contributed by atoms with Crippen molar-refractivity contribution in [2.24, 2.45) is 17.8 Å². The first-order chi connectivity index (χ1) is 14.0. The van der Waals surface area contributed by atoms with E-state index in [1.807, 2.05) is 24.3 Å². The predicted octanol–water partition coefficient (Wildman–Crippen LogP) is 4.55. The molecule has 1 N–H and O–H groups in total. The molecule has 4 rings (SSSR count). The summed E-state index contributed by atoms with van der Waals surface area (Å²) in [5.74, 6) is 1.60. The first-order valence-corrected chi connectivity index (χ1v) is 10.4. The second-order valence-electron chi connectivity index (χ2n) is 8.46. The number of methoxy groups -OCH3 is 1. The van der Waals surface area contributed by atoms with Crippen molar-refractivity contribution in [2.45, 2.75) is 44.9 Å². The Morgan fingerprint density at radius 3 is 2.66 bits per heavy atom. The van der Waals surface area contributed by atoms with Crippen LogP contribution in [0.3, 0.4) is 0 Å². The Kier molecular flexibility index (Phi) is 5.69. The van der Waals surface area contributed by atoms with E-state index in [0.717, 1.165) is 28.4 Å². The minimum atomic E-state index is -0.749. The lowest BCUT2D eigenvalue weighted by Gasteiger charge is -2.25. The quantitative estimate of drug-likeness (QED) is 0.740. The molecule has 0 radical (unpaired) electrons. The Morgan fingerprint density at radius 2 is 1.97 bits per heavy atom. The van der Waals surface area contributed by atoms with Gasteiger partial charge in [0.2, 0.25) is 5.88 Å². The summed E-state index contributed by atoms with van der Waals surface area (Å²) < 4.78 is 11.4. The van der Waals surface area contributed by atoms with E-state index in [2.05, 4.69) is 17.1 Å². The van der Waals surface area contributed by atoms with E-state index in [0.29, 0.717) is 24.8 Å². The first kappa shape index (κ1) is 19.7. The van der Waals surface area contributed by atoms with Crippen molar-refractivity contribution in [3.05, 3.63) is 36.0 Å². The largest absolute Gasteiger partial charge is 0.496 e. The molecule has 0 saturated heterocycles. The molecule has 6 nitrogen and oxygen atoms in total. The highest BCUT2D eigenvalue weighted by Gasteiger charge is 2.45. The van der Waals surface area contributed by atoms with Gasteiger partial charge in [-0.2, -0.15) is 5.10 Å². The highest BCUT2D eigenvalue weighted by molar-refractivity contribution is 5.76. The van der Waals surface area contributed by atoms with Crippen molar-refractivity contribution < 1.29 is 19.4 Å². The minimum Gasteiger partial charge on any atom is -0.496 e. The molecule has 0 aliphatic heterocycles. The molecule has 1 aromatic heterocycles. The lowest BCUT2D eigenvalue weighted by molar-refractivity contribution is -0.138. The Bertz CT molecular complexity index is 877. The molecule has 6 heteroatoms. The molecule has 0 amide bonds. The monoisotopic (exact) mass is 396 g/mol. The summed E-state index contributed by atoms with van der Waals surface area (Å²) in [4.78, 5) is 11.3. The van der Waals surface area contributed by atoms with Gasteiger partial charge in [-0.15, -0.1) is 5.10 Å². The van der Waals surface area contributed by atoms with Gasteiger partial charge >= 0.3 is 5.97 Å². The number of carboxylic acid groups (broad SMARTS) is 1. The predicted molar refractivity (Wildman–Crippen MR) is 109 cm³/mol. The van der Waals surface area contributed by atoms with Crippen LogP contribution in [-0.2, 0) is 4.79 Å². The summed E-state index contributed by atoms with van der Waals surface area (Å²) >= 11 is 0. The van der Waals surface area contributed by atoms with Crippen LogP contribution in [0.2, 0.25) is 0 Å². The van der Waals surface area contributed by atoms with E-state index in [1.165, 1.54) is 25.7 Å². The van der Waals surface area contributed by atoms with Crippen molar-refractivity contribution in [3.8, 4) is 22.8 Å². The number of hydrogen-bond donors (Lipinski definition) is 1. The fourth-order valence-electron chi connectivity index (χ4n) is 4.29. The molecule has 2 aliphatic rings. The number of hydrogen-bond acceptors (Lipinski definition) is 5. The van der Waals surface area contributed by atoms with Gasteiger partial charge in [0.15, 0.2) is 0 Å². The summed E-state index contributed by atoms with van der Waals surface area (Å²) in [6, 6.07) is 7.78. The summed E-state index contributed by atoms with van der Waals surface area (Å²) in [5, 5.41) is 17.5. The number of benzene rings is 1. The molecular formula is C23H28N2O4. The average molecular weight is 396 g/mol. The van der Waals surface area contributed by atoms with Gasteiger partial charge < -0.3 is 14.6 Å². The molecule has 1 heterocycles. The van der Waals surface area contributed by atoms with Crippen molar-refractivity contribution in [2.75, 3.05) is 13.7 Å². The third-order valence-electron chi connectivity index (χ3n) is 6.30. The molecular weight excluding hydrogens is 368 g/mol. The molecule has 2 atom stereocenters. The summed E-state index contributed by atoms with van der Waals surface area (Å²) in [5.41, 5.74) is 2.81. The SMILES string of the molecule is COc1ccc(-c2cnnc(OCC3CCC(C)CC3)c2)cc1[C@@H]1C[C@@H]1C(=O)O. The lowest BCUT2D eigenvalue weighted by atomic mass is 9.83. The van der Waals surface area contributed by atoms with Gasteiger partial charge in [-0.25, -0.2) is 0 Å². The smallest absolute Gasteiger partial charge is 0.307 e. The molecule has 154 valence electrons. The van der Waals surface area contributed by atoms with Gasteiger partial charge in [-0.3, -0.25) is 4.79 Å². The number of aromatic nitrogens is 2. The van der Waals surface area contributed by atoms with Crippen LogP contribution in [0.25, 0.3) is 11.1 Å². The molecule has 2 aliphatic carbocycles. The second kappa shape index (κ2) is 8.39. The highest BCUT2D eigenvalue weighted by Crippen LogP contribution is 2.51. The zero-order chi connectivity index (χ0) is 20.4. The van der Waals surface area contributed by atoms with Crippen molar-refractivity contribution in [1.82, 2.24) is 10.2 Å². The summed E-state index contributed by atoms with van der Waals surface area (Å²) in [6.45, 7) is 3.00. The third-order valence-corrected chi connectivity index (χ3v) is 6.30. The molecule has 0 unspecified atom stereocenters. The van der Waals surface area contributed by atoms with Crippen LogP contribution in [-0.4, -0.2) is 35.0 Å². The number of nitrogens with zero attached hydrogens (tertiary/aromatic N) is 2. The van der Waals surface area contributed by atoms with Crippen LogP contribution < -0.4 is 9.47 Å². The fourth-order valence-corrected chi connectivity index (χ4v) is 4.29. The highest BCUT2D eigenvalue weighted by atomic mass is 16.5. The first-order valence-electron chi connectivity index (χ1n) is 10.4. The number of carbonyl (C=O) groups is 1. The zero-order valence-electron chi connectivity index (χ0n) is 17.0. The minimum absolute atomic E-state index is 0.00149. The Balaban J connectivity index is 1.48. The van der Waals surface area contributed by atoms with Crippen LogP contribution in [0, 0.1) is 17.8 Å². The molecule has 29 heavy (non-hydrogen) atoms. The van der Waals surface area contributed by atoms with Crippen LogP contribution >= 0.6 is 0 Å². The van der Waals surface area contributed by atoms with Crippen molar-refractivity contribution >= 4 is 5.97 Å². The van der Waals surface area contributed by atoms with E-state index in [9.17, 15) is 9.90 Å². The second-order valence-corrected chi connectivity index (χ2v) is 8.46. The molecule has 1 aromatic carbocycles. The van der Waals surface area contributed by atoms with E-state index in [-0.39, 0.29) is 11.8 Å². The standard InChI is InChI=1S/C23H28N2O4/c1-14-3-5-15(6-4-14)13-29-22-10-17(12-24-25-22)16-7-8-21(28-2)19(9-16)18-11-20(18)23(26)27/h7-10,12,14-15,18,20H,3-6,11,13H2,1-2H3,(H,26,27)/t14?,15?,18-,20-/m0/s1. The van der Waals surface area contributed by atoms with Crippen LogP contribution in [0.4, 0.5) is 0 Å². The molecule has 0 bridgehead atoms.